The number of nitrogens with zero attached hydrogens (tertiary/aromatic N) is 3. The molecule has 12 heteroatoms. The van der Waals surface area contributed by atoms with Crippen molar-refractivity contribution in [2.45, 2.75) is 10.9 Å². The lowest BCUT2D eigenvalue weighted by atomic mass is 10.1. The number of benzene rings is 2. The number of carbonyl (C=O) groups excluding carboxylic acids is 3. The van der Waals surface area contributed by atoms with Gasteiger partial charge in [0.2, 0.25) is 21.8 Å². The van der Waals surface area contributed by atoms with E-state index in [1.165, 1.54) is 40.9 Å². The number of thioether (sulfide) groups is 1. The van der Waals surface area contributed by atoms with Crippen molar-refractivity contribution in [1.29, 1.82) is 5.26 Å². The molecule has 34 heavy (non-hydrogen) atoms. The van der Waals surface area contributed by atoms with E-state index in [9.17, 15) is 22.8 Å². The van der Waals surface area contributed by atoms with Gasteiger partial charge in [0.05, 0.1) is 28.9 Å². The highest BCUT2D eigenvalue weighted by Gasteiger charge is 2.36. The largest absolute Gasteiger partial charge is 0.354 e. The van der Waals surface area contributed by atoms with Crippen LogP contribution in [0.2, 0.25) is 0 Å². The fourth-order valence-corrected chi connectivity index (χ4v) is 6.24. The van der Waals surface area contributed by atoms with Crippen LogP contribution < -0.4 is 10.6 Å². The second-order valence-electron chi connectivity index (χ2n) is 7.69. The zero-order valence-electron chi connectivity index (χ0n) is 17.9. The van der Waals surface area contributed by atoms with Crippen molar-refractivity contribution < 1.29 is 22.8 Å². The molecule has 2 aromatic rings. The predicted molar refractivity (Wildman–Crippen MR) is 125 cm³/mol. The Morgan fingerprint density at radius 1 is 1.18 bits per heavy atom. The Balaban J connectivity index is 1.51. The number of hydrogen-bond donors (Lipinski definition) is 2. The van der Waals surface area contributed by atoms with E-state index in [1.54, 1.807) is 24.3 Å². The average Bonchev–Trinajstić information content (AvgIpc) is 3.34. The first-order valence-electron chi connectivity index (χ1n) is 10.4. The summed E-state index contributed by atoms with van der Waals surface area (Å²) in [6, 6.07) is 13.3. The molecule has 10 nitrogen and oxygen atoms in total. The van der Waals surface area contributed by atoms with Crippen LogP contribution in [-0.4, -0.2) is 72.7 Å². The zero-order valence-corrected chi connectivity index (χ0v) is 19.6. The third-order valence-electron chi connectivity index (χ3n) is 5.45. The Bertz CT molecular complexity index is 1270. The third kappa shape index (κ3) is 4.91. The molecule has 4 rings (SSSR count). The van der Waals surface area contributed by atoms with E-state index in [0.717, 1.165) is 4.31 Å². The van der Waals surface area contributed by atoms with E-state index in [1.807, 2.05) is 6.07 Å². The van der Waals surface area contributed by atoms with Gasteiger partial charge in [-0.25, -0.2) is 8.42 Å². The summed E-state index contributed by atoms with van der Waals surface area (Å²) in [5, 5.41) is 14.2. The summed E-state index contributed by atoms with van der Waals surface area (Å²) >= 11 is 1.42. The summed E-state index contributed by atoms with van der Waals surface area (Å²) in [5.41, 5.74) is 1.11. The highest BCUT2D eigenvalue weighted by atomic mass is 32.2. The van der Waals surface area contributed by atoms with Gasteiger partial charge in [-0.3, -0.25) is 14.4 Å². The summed E-state index contributed by atoms with van der Waals surface area (Å²) < 4.78 is 27.0. The Kier molecular flexibility index (Phi) is 6.87. The molecule has 0 saturated carbocycles. The van der Waals surface area contributed by atoms with Crippen LogP contribution in [0.15, 0.2) is 53.4 Å². The minimum absolute atomic E-state index is 0.0847. The van der Waals surface area contributed by atoms with Crippen LogP contribution in [0.3, 0.4) is 0 Å². The minimum Gasteiger partial charge on any atom is -0.354 e. The summed E-state index contributed by atoms with van der Waals surface area (Å²) in [4.78, 5) is 39.0. The number of hydrogen-bond acceptors (Lipinski definition) is 7. The molecule has 2 N–H and O–H groups in total. The van der Waals surface area contributed by atoms with Gasteiger partial charge in [-0.15, -0.1) is 11.8 Å². The molecule has 2 aromatic carbocycles. The number of sulfonamides is 1. The standard InChI is InChI=1S/C22H21N5O5S2/c23-11-15-4-6-17(7-5-15)25-21(29)19-13-33-14-27(19)22(30)16-2-1-3-18(10-16)34(31,32)26-9-8-24-20(28)12-26/h1-7,10,19H,8-9,12-14H2,(H,24,28)(H,25,29). The number of rotatable bonds is 5. The summed E-state index contributed by atoms with van der Waals surface area (Å²) in [5.74, 6) is -0.528. The predicted octanol–water partition coefficient (Wildman–Crippen LogP) is 0.833. The smallest absolute Gasteiger partial charge is 0.255 e. The topological polar surface area (TPSA) is 140 Å². The Morgan fingerprint density at radius 2 is 1.94 bits per heavy atom. The van der Waals surface area contributed by atoms with E-state index in [2.05, 4.69) is 10.6 Å². The van der Waals surface area contributed by atoms with Gasteiger partial charge in [-0.2, -0.15) is 9.57 Å². The summed E-state index contributed by atoms with van der Waals surface area (Å²) in [6.45, 7) is 0.0885. The van der Waals surface area contributed by atoms with Crippen LogP contribution in [0.5, 0.6) is 0 Å². The van der Waals surface area contributed by atoms with Gasteiger partial charge in [-0.05, 0) is 42.5 Å². The van der Waals surface area contributed by atoms with Crippen LogP contribution in [-0.2, 0) is 19.6 Å². The molecule has 2 saturated heterocycles. The van der Waals surface area contributed by atoms with E-state index in [-0.39, 0.29) is 47.8 Å². The SMILES string of the molecule is N#Cc1ccc(NC(=O)C2CSCN2C(=O)c2cccc(S(=O)(=O)N3CCNC(=O)C3)c2)cc1. The lowest BCUT2D eigenvalue weighted by molar-refractivity contribution is -0.122. The van der Waals surface area contributed by atoms with Crippen molar-refractivity contribution in [1.82, 2.24) is 14.5 Å². The highest BCUT2D eigenvalue weighted by molar-refractivity contribution is 7.99. The summed E-state index contributed by atoms with van der Waals surface area (Å²) in [7, 11) is -3.96. The first-order valence-corrected chi connectivity index (χ1v) is 13.0. The van der Waals surface area contributed by atoms with Gasteiger partial charge in [0.1, 0.15) is 6.04 Å². The van der Waals surface area contributed by atoms with Gasteiger partial charge in [-0.1, -0.05) is 6.07 Å². The lowest BCUT2D eigenvalue weighted by Crippen LogP contribution is -2.49. The van der Waals surface area contributed by atoms with Crippen molar-refractivity contribution >= 4 is 45.2 Å². The maximum absolute atomic E-state index is 13.2. The van der Waals surface area contributed by atoms with Gasteiger partial charge < -0.3 is 15.5 Å². The fourth-order valence-electron chi connectivity index (χ4n) is 3.64. The second kappa shape index (κ2) is 9.84. The fraction of sp³-hybridized carbons (Fsp3) is 0.273. The van der Waals surface area contributed by atoms with Crippen molar-refractivity contribution in [3.8, 4) is 6.07 Å². The van der Waals surface area contributed by atoms with Crippen LogP contribution in [0, 0.1) is 11.3 Å². The second-order valence-corrected chi connectivity index (χ2v) is 10.6. The number of carbonyl (C=O) groups is 3. The molecule has 0 aromatic heterocycles. The first-order chi connectivity index (χ1) is 16.3. The molecule has 0 aliphatic carbocycles. The number of nitrogens with one attached hydrogen (secondary N) is 2. The molecule has 1 unspecified atom stereocenters. The van der Waals surface area contributed by atoms with E-state index in [4.69, 9.17) is 5.26 Å². The Hall–Kier alpha value is -3.40. The molecule has 1 atom stereocenters. The van der Waals surface area contributed by atoms with Crippen molar-refractivity contribution in [2.24, 2.45) is 0 Å². The van der Waals surface area contributed by atoms with E-state index >= 15 is 0 Å². The van der Waals surface area contributed by atoms with Crippen LogP contribution in [0.25, 0.3) is 0 Å². The van der Waals surface area contributed by atoms with Crippen molar-refractivity contribution in [2.75, 3.05) is 36.6 Å². The molecular weight excluding hydrogens is 478 g/mol. The van der Waals surface area contributed by atoms with Crippen LogP contribution in [0.1, 0.15) is 15.9 Å². The minimum atomic E-state index is -3.96. The monoisotopic (exact) mass is 499 g/mol. The van der Waals surface area contributed by atoms with Gasteiger partial charge in [0.15, 0.2) is 0 Å². The molecule has 176 valence electrons. The maximum atomic E-state index is 13.2. The lowest BCUT2D eigenvalue weighted by Gasteiger charge is -2.26. The van der Waals surface area contributed by atoms with Gasteiger partial charge in [0, 0.05) is 30.1 Å². The van der Waals surface area contributed by atoms with Crippen molar-refractivity contribution in [3.63, 3.8) is 0 Å². The van der Waals surface area contributed by atoms with Crippen molar-refractivity contribution in [3.05, 3.63) is 59.7 Å². The van der Waals surface area contributed by atoms with E-state index < -0.39 is 22.0 Å². The van der Waals surface area contributed by atoms with Crippen LogP contribution in [0.4, 0.5) is 5.69 Å². The highest BCUT2D eigenvalue weighted by Crippen LogP contribution is 2.26. The zero-order chi connectivity index (χ0) is 24.3. The molecule has 2 aliphatic heterocycles. The number of nitriles is 1. The molecule has 0 bridgehead atoms. The Morgan fingerprint density at radius 3 is 2.65 bits per heavy atom. The maximum Gasteiger partial charge on any atom is 0.255 e. The quantitative estimate of drug-likeness (QED) is 0.621. The molecule has 2 aliphatic rings. The molecule has 0 spiro atoms. The molecule has 3 amide bonds. The average molecular weight is 500 g/mol. The normalized spacial score (nSPS) is 18.7. The number of amides is 3. The van der Waals surface area contributed by atoms with E-state index in [0.29, 0.717) is 17.0 Å². The first kappa shape index (κ1) is 23.7. The molecule has 2 heterocycles. The van der Waals surface area contributed by atoms with Gasteiger partial charge in [0.25, 0.3) is 5.91 Å². The van der Waals surface area contributed by atoms with Gasteiger partial charge >= 0.3 is 0 Å². The number of anilines is 1. The molecule has 0 radical (unpaired) electrons. The summed E-state index contributed by atoms with van der Waals surface area (Å²) in [6.07, 6.45) is 0. The van der Waals surface area contributed by atoms with Crippen LogP contribution >= 0.6 is 11.8 Å². The molecule has 2 fully saturated rings. The third-order valence-corrected chi connectivity index (χ3v) is 8.30. The molecular formula is C22H21N5O5S2. The number of piperazine rings is 1. The Labute approximate surface area is 201 Å².